The van der Waals surface area contributed by atoms with E-state index >= 15 is 0 Å². The van der Waals surface area contributed by atoms with Crippen LogP contribution in [-0.4, -0.2) is 40.2 Å². The van der Waals surface area contributed by atoms with Gasteiger partial charge in [-0.25, -0.2) is 0 Å². The van der Waals surface area contributed by atoms with Crippen molar-refractivity contribution in [3.63, 3.8) is 0 Å². The van der Waals surface area contributed by atoms with Crippen LogP contribution in [0, 0.1) is 0 Å². The van der Waals surface area contributed by atoms with E-state index in [4.69, 9.17) is 4.74 Å². The molecule has 1 aliphatic heterocycles. The number of amides is 1. The van der Waals surface area contributed by atoms with E-state index in [0.29, 0.717) is 18.6 Å². The molecule has 110 valence electrons. The first-order valence-electron chi connectivity index (χ1n) is 7.05. The fourth-order valence-electron chi connectivity index (χ4n) is 2.48. The summed E-state index contributed by atoms with van der Waals surface area (Å²) in [7, 11) is 0. The minimum absolute atomic E-state index is 0.0238. The molecule has 0 aromatic heterocycles. The molecule has 1 amide bonds. The third-order valence-electron chi connectivity index (χ3n) is 3.24. The van der Waals surface area contributed by atoms with E-state index in [1.807, 2.05) is 20.8 Å². The van der Waals surface area contributed by atoms with Gasteiger partial charge in [0.25, 0.3) is 0 Å². The van der Waals surface area contributed by atoms with Crippen LogP contribution in [0.1, 0.15) is 53.4 Å². The smallest absolute Gasteiger partial charge is 0.223 e. The Labute approximate surface area is 116 Å². The van der Waals surface area contributed by atoms with Crippen LogP contribution in [0.15, 0.2) is 12.3 Å². The van der Waals surface area contributed by atoms with Gasteiger partial charge in [0.05, 0.1) is 17.9 Å². The summed E-state index contributed by atoms with van der Waals surface area (Å²) in [6, 6.07) is -0.0238. The molecular formula is C15H27NO3. The molecule has 1 unspecified atom stereocenters. The standard InChI is InChI=1S/C15H27NO3/c1-11(19-15(3,4)5)8-9-14(18)16-10-6-7-13(16)12(2)17/h12-13,17H,1,6-10H2,2-5H3/t12?,13-/m0/s1. The van der Waals surface area contributed by atoms with Crippen LogP contribution in [-0.2, 0) is 9.53 Å². The van der Waals surface area contributed by atoms with Gasteiger partial charge in [0.2, 0.25) is 5.91 Å². The first kappa shape index (κ1) is 16.0. The highest BCUT2D eigenvalue weighted by molar-refractivity contribution is 5.77. The minimum Gasteiger partial charge on any atom is -0.493 e. The first-order valence-corrected chi connectivity index (χ1v) is 7.05. The highest BCUT2D eigenvalue weighted by atomic mass is 16.5. The number of hydrogen-bond donors (Lipinski definition) is 1. The lowest BCUT2D eigenvalue weighted by Crippen LogP contribution is -2.41. The Hall–Kier alpha value is -1.03. The van der Waals surface area contributed by atoms with Crippen molar-refractivity contribution in [2.45, 2.75) is 71.1 Å². The Morgan fingerprint density at radius 2 is 2.11 bits per heavy atom. The Morgan fingerprint density at radius 3 is 2.63 bits per heavy atom. The summed E-state index contributed by atoms with van der Waals surface area (Å²) in [4.78, 5) is 13.9. The summed E-state index contributed by atoms with van der Waals surface area (Å²) in [6.45, 7) is 12.2. The molecule has 1 saturated heterocycles. The maximum atomic E-state index is 12.1. The molecule has 1 fully saturated rings. The van der Waals surface area contributed by atoms with Crippen LogP contribution in [0.5, 0.6) is 0 Å². The van der Waals surface area contributed by atoms with Crippen LogP contribution < -0.4 is 0 Å². The highest BCUT2D eigenvalue weighted by Gasteiger charge is 2.31. The number of ether oxygens (including phenoxy) is 1. The van der Waals surface area contributed by atoms with Gasteiger partial charge in [0.15, 0.2) is 0 Å². The maximum Gasteiger partial charge on any atom is 0.223 e. The number of rotatable bonds is 5. The average molecular weight is 269 g/mol. The number of allylic oxidation sites excluding steroid dienone is 1. The molecule has 0 radical (unpaired) electrons. The Morgan fingerprint density at radius 1 is 1.47 bits per heavy atom. The van der Waals surface area contributed by atoms with E-state index in [9.17, 15) is 9.90 Å². The summed E-state index contributed by atoms with van der Waals surface area (Å²) >= 11 is 0. The lowest BCUT2D eigenvalue weighted by molar-refractivity contribution is -0.134. The fourth-order valence-corrected chi connectivity index (χ4v) is 2.48. The number of aliphatic hydroxyl groups excluding tert-OH is 1. The molecule has 4 heteroatoms. The molecule has 1 N–H and O–H groups in total. The average Bonchev–Trinajstić information content (AvgIpc) is 2.72. The number of likely N-dealkylation sites (tertiary alicyclic amines) is 1. The number of aliphatic hydroxyl groups is 1. The molecule has 0 aromatic rings. The molecule has 0 aliphatic carbocycles. The van der Waals surface area contributed by atoms with Gasteiger partial charge in [0, 0.05) is 19.4 Å². The van der Waals surface area contributed by atoms with E-state index in [2.05, 4.69) is 6.58 Å². The van der Waals surface area contributed by atoms with Crippen molar-refractivity contribution >= 4 is 5.91 Å². The van der Waals surface area contributed by atoms with Gasteiger partial charge in [-0.15, -0.1) is 0 Å². The Balaban J connectivity index is 2.41. The topological polar surface area (TPSA) is 49.8 Å². The van der Waals surface area contributed by atoms with Gasteiger partial charge in [-0.3, -0.25) is 4.79 Å². The normalized spacial score (nSPS) is 21.3. The van der Waals surface area contributed by atoms with E-state index in [1.165, 1.54) is 0 Å². The lowest BCUT2D eigenvalue weighted by atomic mass is 10.1. The summed E-state index contributed by atoms with van der Waals surface area (Å²) in [5.41, 5.74) is -0.268. The molecule has 0 bridgehead atoms. The van der Waals surface area contributed by atoms with Gasteiger partial charge >= 0.3 is 0 Å². The fraction of sp³-hybridized carbons (Fsp3) is 0.800. The number of hydrogen-bond acceptors (Lipinski definition) is 3. The molecule has 0 aromatic carbocycles. The molecule has 4 nitrogen and oxygen atoms in total. The van der Waals surface area contributed by atoms with E-state index in [1.54, 1.807) is 11.8 Å². The van der Waals surface area contributed by atoms with E-state index < -0.39 is 6.10 Å². The molecule has 2 atom stereocenters. The second kappa shape index (κ2) is 6.42. The second-order valence-corrected chi connectivity index (χ2v) is 6.29. The zero-order valence-electron chi connectivity index (χ0n) is 12.6. The molecular weight excluding hydrogens is 242 g/mol. The van der Waals surface area contributed by atoms with Crippen LogP contribution >= 0.6 is 0 Å². The van der Waals surface area contributed by atoms with Crippen molar-refractivity contribution in [3.05, 3.63) is 12.3 Å². The van der Waals surface area contributed by atoms with Crippen LogP contribution in [0.4, 0.5) is 0 Å². The molecule has 1 rings (SSSR count). The zero-order chi connectivity index (χ0) is 14.6. The van der Waals surface area contributed by atoms with Crippen molar-refractivity contribution in [1.82, 2.24) is 4.90 Å². The Kier molecular flexibility index (Phi) is 5.41. The Bertz CT molecular complexity index is 331. The SMILES string of the molecule is C=C(CCC(=O)N1CCC[C@H]1C(C)O)OC(C)(C)C. The van der Waals surface area contributed by atoms with Gasteiger partial charge in [0.1, 0.15) is 5.60 Å². The maximum absolute atomic E-state index is 12.1. The van der Waals surface area contributed by atoms with Crippen molar-refractivity contribution in [2.75, 3.05) is 6.54 Å². The van der Waals surface area contributed by atoms with Crippen molar-refractivity contribution in [2.24, 2.45) is 0 Å². The minimum atomic E-state index is -0.458. The largest absolute Gasteiger partial charge is 0.493 e. The molecule has 1 heterocycles. The highest BCUT2D eigenvalue weighted by Crippen LogP contribution is 2.23. The van der Waals surface area contributed by atoms with E-state index in [0.717, 1.165) is 19.4 Å². The molecule has 0 spiro atoms. The third kappa shape index (κ3) is 5.23. The lowest BCUT2D eigenvalue weighted by Gasteiger charge is -2.27. The van der Waals surface area contributed by atoms with Gasteiger partial charge in [-0.1, -0.05) is 6.58 Å². The van der Waals surface area contributed by atoms with Gasteiger partial charge in [-0.05, 0) is 40.5 Å². The monoisotopic (exact) mass is 269 g/mol. The van der Waals surface area contributed by atoms with Gasteiger partial charge in [-0.2, -0.15) is 0 Å². The predicted molar refractivity (Wildman–Crippen MR) is 75.6 cm³/mol. The van der Waals surface area contributed by atoms with Gasteiger partial charge < -0.3 is 14.7 Å². The molecule has 0 saturated carbocycles. The van der Waals surface area contributed by atoms with Crippen LogP contribution in [0.2, 0.25) is 0 Å². The van der Waals surface area contributed by atoms with Crippen molar-refractivity contribution < 1.29 is 14.6 Å². The zero-order valence-corrected chi connectivity index (χ0v) is 12.6. The summed E-state index contributed by atoms with van der Waals surface area (Å²) in [5, 5.41) is 9.67. The molecule has 1 aliphatic rings. The second-order valence-electron chi connectivity index (χ2n) is 6.29. The predicted octanol–water partition coefficient (Wildman–Crippen LogP) is 2.47. The summed E-state index contributed by atoms with van der Waals surface area (Å²) in [5.74, 6) is 0.732. The first-order chi connectivity index (χ1) is 8.70. The van der Waals surface area contributed by atoms with Crippen molar-refractivity contribution in [3.8, 4) is 0 Å². The van der Waals surface area contributed by atoms with Crippen molar-refractivity contribution in [1.29, 1.82) is 0 Å². The van der Waals surface area contributed by atoms with Crippen LogP contribution in [0.3, 0.4) is 0 Å². The number of nitrogens with zero attached hydrogens (tertiary/aromatic N) is 1. The number of carbonyl (C=O) groups is 1. The van der Waals surface area contributed by atoms with E-state index in [-0.39, 0.29) is 17.6 Å². The number of carbonyl (C=O) groups excluding carboxylic acids is 1. The summed E-state index contributed by atoms with van der Waals surface area (Å²) < 4.78 is 5.61. The molecule has 19 heavy (non-hydrogen) atoms. The van der Waals surface area contributed by atoms with Crippen LogP contribution in [0.25, 0.3) is 0 Å². The third-order valence-corrected chi connectivity index (χ3v) is 3.24. The quantitative estimate of drug-likeness (QED) is 0.780. The summed E-state index contributed by atoms with van der Waals surface area (Å²) in [6.07, 6.45) is 2.35.